The molecule has 4 rings (SSSR count). The zero-order chi connectivity index (χ0) is 34.1. The number of anilines is 1. The summed E-state index contributed by atoms with van der Waals surface area (Å²) in [5.41, 5.74) is 1.82. The number of rotatable bonds is 8. The highest BCUT2D eigenvalue weighted by molar-refractivity contribution is 7.92. The highest BCUT2D eigenvalue weighted by Crippen LogP contribution is 2.29. The number of likely N-dealkylation sites (N-methyl/N-ethyl adjacent to an activating group) is 1. The zero-order valence-corrected chi connectivity index (χ0v) is 28.6. The fraction of sp³-hybridized carbons (Fsp3) is 0.457. The molecule has 2 heterocycles. The molecule has 1 aliphatic heterocycles. The minimum absolute atomic E-state index is 0.0992. The maximum Gasteiger partial charge on any atom is 0.261 e. The van der Waals surface area contributed by atoms with Crippen molar-refractivity contribution in [3.63, 3.8) is 0 Å². The second-order valence-electron chi connectivity index (χ2n) is 12.4. The smallest absolute Gasteiger partial charge is 0.261 e. The lowest BCUT2D eigenvalue weighted by molar-refractivity contribution is -0.0149. The molecule has 254 valence electrons. The molecule has 4 atom stereocenters. The van der Waals surface area contributed by atoms with Gasteiger partial charge < -0.3 is 24.4 Å². The molecule has 1 aromatic heterocycles. The van der Waals surface area contributed by atoms with E-state index in [4.69, 9.17) is 9.47 Å². The number of fused-ring (bicyclic) bond motifs is 1. The van der Waals surface area contributed by atoms with Crippen molar-refractivity contribution in [1.29, 1.82) is 0 Å². The third-order valence-corrected chi connectivity index (χ3v) is 9.76. The molecule has 11 nitrogen and oxygen atoms in total. The number of aliphatic hydroxyl groups excluding tert-OH is 1. The fourth-order valence-electron chi connectivity index (χ4n) is 5.45. The Hall–Kier alpha value is -4.00. The lowest BCUT2D eigenvalue weighted by atomic mass is 10.0. The Morgan fingerprint density at radius 3 is 2.49 bits per heavy atom. The number of carbonyl (C=O) groups excluding carboxylic acids is 2. The van der Waals surface area contributed by atoms with Gasteiger partial charge in [-0.1, -0.05) is 24.6 Å². The molecular weight excluding hydrogens is 620 g/mol. The first-order valence-electron chi connectivity index (χ1n) is 16.0. The van der Waals surface area contributed by atoms with Crippen molar-refractivity contribution >= 4 is 27.5 Å². The monoisotopic (exact) mass is 666 g/mol. The van der Waals surface area contributed by atoms with Crippen LogP contribution in [0.25, 0.3) is 0 Å². The summed E-state index contributed by atoms with van der Waals surface area (Å²) >= 11 is 0. The van der Waals surface area contributed by atoms with E-state index in [1.807, 2.05) is 20.8 Å². The molecule has 2 amide bonds. The number of aromatic nitrogens is 1. The predicted octanol–water partition coefficient (Wildman–Crippen LogP) is 4.76. The molecule has 0 saturated heterocycles. The van der Waals surface area contributed by atoms with E-state index >= 15 is 0 Å². The molecule has 1 aliphatic rings. The molecule has 0 spiro atoms. The minimum Gasteiger partial charge on any atom is -0.490 e. The summed E-state index contributed by atoms with van der Waals surface area (Å²) < 4.78 is 41.6. The summed E-state index contributed by atoms with van der Waals surface area (Å²) in [6.45, 7) is 8.18. The van der Waals surface area contributed by atoms with Crippen molar-refractivity contribution in [3.8, 4) is 5.75 Å². The standard InChI is InChI=1S/C35H46N4O7S/c1-24-9-12-30(13-10-24)47(43,44)37-29-11-14-32-31(20-29)35(42)39(26(3)23-40)21-25(2)33(45-19-7-6-8-27(4)46-32)22-38(5)34(41)28-15-17-36-18-16-28/h9-18,20,25-27,33,37,40H,6-8,19,21-23H2,1-5H3/t25-,26-,27-,33-/m0/s1. The Bertz CT molecular complexity index is 1600. The largest absolute Gasteiger partial charge is 0.490 e. The van der Waals surface area contributed by atoms with Crippen LogP contribution in [0.1, 0.15) is 66.3 Å². The van der Waals surface area contributed by atoms with Crippen LogP contribution in [0.2, 0.25) is 0 Å². The maximum absolute atomic E-state index is 14.4. The van der Waals surface area contributed by atoms with Crippen LogP contribution in [0.4, 0.5) is 5.69 Å². The van der Waals surface area contributed by atoms with Crippen molar-refractivity contribution in [1.82, 2.24) is 14.8 Å². The van der Waals surface area contributed by atoms with Gasteiger partial charge in [0.1, 0.15) is 5.75 Å². The number of amides is 2. The number of nitrogens with zero attached hydrogens (tertiary/aromatic N) is 3. The normalized spacial score (nSPS) is 20.3. The molecule has 3 aromatic rings. The van der Waals surface area contributed by atoms with Crippen LogP contribution in [0.5, 0.6) is 5.75 Å². The number of aryl methyl sites for hydroxylation is 1. The Morgan fingerprint density at radius 2 is 1.81 bits per heavy atom. The summed E-state index contributed by atoms with van der Waals surface area (Å²) in [7, 11) is -2.21. The third-order valence-electron chi connectivity index (χ3n) is 8.36. The first-order chi connectivity index (χ1) is 22.4. The van der Waals surface area contributed by atoms with Crippen LogP contribution in [0.15, 0.2) is 71.9 Å². The van der Waals surface area contributed by atoms with Gasteiger partial charge in [-0.3, -0.25) is 19.3 Å². The number of pyridine rings is 1. The van der Waals surface area contributed by atoms with Crippen molar-refractivity contribution < 1.29 is 32.6 Å². The van der Waals surface area contributed by atoms with Gasteiger partial charge in [-0.25, -0.2) is 8.42 Å². The molecule has 2 aromatic carbocycles. The number of nitrogens with one attached hydrogen (secondary N) is 1. The summed E-state index contributed by atoms with van der Waals surface area (Å²) in [6, 6.07) is 13.9. The van der Waals surface area contributed by atoms with Gasteiger partial charge in [-0.15, -0.1) is 0 Å². The molecular formula is C35H46N4O7S. The lowest BCUT2D eigenvalue weighted by Gasteiger charge is -2.36. The van der Waals surface area contributed by atoms with Crippen LogP contribution in [0, 0.1) is 12.8 Å². The Kier molecular flexibility index (Phi) is 12.4. The van der Waals surface area contributed by atoms with Crippen LogP contribution in [-0.4, -0.2) is 91.7 Å². The first kappa shape index (κ1) is 35.8. The number of ether oxygens (including phenoxy) is 2. The molecule has 0 aliphatic carbocycles. The minimum atomic E-state index is -3.93. The highest BCUT2D eigenvalue weighted by Gasteiger charge is 2.31. The van der Waals surface area contributed by atoms with E-state index in [0.29, 0.717) is 30.9 Å². The summed E-state index contributed by atoms with van der Waals surface area (Å²) in [4.78, 5) is 34.8. The maximum atomic E-state index is 14.4. The summed E-state index contributed by atoms with van der Waals surface area (Å²) in [5.74, 6) is -0.500. The fourth-order valence-corrected chi connectivity index (χ4v) is 6.50. The molecule has 0 bridgehead atoms. The van der Waals surface area contributed by atoms with Crippen molar-refractivity contribution in [2.45, 2.75) is 70.1 Å². The van der Waals surface area contributed by atoms with E-state index < -0.39 is 28.1 Å². The molecule has 0 unspecified atom stereocenters. The van der Waals surface area contributed by atoms with Crippen molar-refractivity contribution in [2.75, 3.05) is 38.1 Å². The van der Waals surface area contributed by atoms with Gasteiger partial charge in [-0.05, 0) is 82.5 Å². The SMILES string of the molecule is Cc1ccc(S(=O)(=O)Nc2ccc3c(c2)C(=O)N([C@@H](C)CO)C[C@H](C)[C@H](CN(C)C(=O)c2ccncc2)OCCCC[C@H](C)O3)cc1. The molecule has 0 fully saturated rings. The van der Waals surface area contributed by atoms with Crippen LogP contribution < -0.4 is 9.46 Å². The number of benzene rings is 2. The summed E-state index contributed by atoms with van der Waals surface area (Å²) in [6.07, 6.45) is 4.81. The van der Waals surface area contributed by atoms with Gasteiger partial charge in [0.2, 0.25) is 0 Å². The number of carbonyl (C=O) groups is 2. The average molecular weight is 667 g/mol. The second kappa shape index (κ2) is 16.2. The van der Waals surface area contributed by atoms with Gasteiger partial charge in [0.05, 0.1) is 35.3 Å². The van der Waals surface area contributed by atoms with Crippen LogP contribution >= 0.6 is 0 Å². The van der Waals surface area contributed by atoms with E-state index in [-0.39, 0.29) is 47.2 Å². The van der Waals surface area contributed by atoms with E-state index in [0.717, 1.165) is 18.4 Å². The molecule has 47 heavy (non-hydrogen) atoms. The van der Waals surface area contributed by atoms with Crippen molar-refractivity contribution in [2.24, 2.45) is 5.92 Å². The molecule has 2 N–H and O–H groups in total. The molecule has 0 saturated carbocycles. The second-order valence-corrected chi connectivity index (χ2v) is 14.0. The Labute approximate surface area is 278 Å². The third kappa shape index (κ3) is 9.52. The first-order valence-corrected chi connectivity index (χ1v) is 17.5. The average Bonchev–Trinajstić information content (AvgIpc) is 3.06. The Balaban J connectivity index is 1.66. The van der Waals surface area contributed by atoms with Gasteiger partial charge in [0.25, 0.3) is 21.8 Å². The van der Waals surface area contributed by atoms with E-state index in [1.54, 1.807) is 72.6 Å². The van der Waals surface area contributed by atoms with E-state index in [1.165, 1.54) is 18.2 Å². The van der Waals surface area contributed by atoms with Gasteiger partial charge in [0.15, 0.2) is 0 Å². The molecule has 0 radical (unpaired) electrons. The van der Waals surface area contributed by atoms with E-state index in [9.17, 15) is 23.1 Å². The van der Waals surface area contributed by atoms with Crippen molar-refractivity contribution in [3.05, 3.63) is 83.7 Å². The number of sulfonamides is 1. The van der Waals surface area contributed by atoms with Gasteiger partial charge in [0, 0.05) is 56.3 Å². The van der Waals surface area contributed by atoms with E-state index in [2.05, 4.69) is 9.71 Å². The Morgan fingerprint density at radius 1 is 1.11 bits per heavy atom. The zero-order valence-electron chi connectivity index (χ0n) is 27.8. The number of hydrogen-bond donors (Lipinski definition) is 2. The predicted molar refractivity (Wildman–Crippen MR) is 180 cm³/mol. The summed E-state index contributed by atoms with van der Waals surface area (Å²) in [5, 5.41) is 10.2. The molecule has 12 heteroatoms. The lowest BCUT2D eigenvalue weighted by Crippen LogP contribution is -2.48. The quantitative estimate of drug-likeness (QED) is 0.351. The topological polar surface area (TPSA) is 138 Å². The number of hydrogen-bond acceptors (Lipinski definition) is 8. The highest BCUT2D eigenvalue weighted by atomic mass is 32.2. The van der Waals surface area contributed by atoms with Gasteiger partial charge in [-0.2, -0.15) is 0 Å². The van der Waals surface area contributed by atoms with Gasteiger partial charge >= 0.3 is 0 Å². The number of aliphatic hydroxyl groups is 1. The van der Waals surface area contributed by atoms with Crippen LogP contribution in [-0.2, 0) is 14.8 Å². The van der Waals surface area contributed by atoms with Crippen LogP contribution in [0.3, 0.4) is 0 Å².